The number of hydrogen-bond donors (Lipinski definition) is 1. The third-order valence-electron chi connectivity index (χ3n) is 2.58. The normalized spacial score (nSPS) is 16.9. The number of hydrogen-bond acceptors (Lipinski definition) is 1. The number of piperidine rings is 1. The molecule has 0 unspecified atom stereocenters. The van der Waals surface area contributed by atoms with Crippen molar-refractivity contribution in [1.29, 1.82) is 5.41 Å². The van der Waals surface area contributed by atoms with Gasteiger partial charge in [0, 0.05) is 17.4 Å². The van der Waals surface area contributed by atoms with Crippen LogP contribution in [-0.4, -0.2) is 12.4 Å². The first-order valence-electron chi connectivity index (χ1n) is 4.99. The molecule has 0 aliphatic carbocycles. The summed E-state index contributed by atoms with van der Waals surface area (Å²) in [7, 11) is 0. The Morgan fingerprint density at radius 2 is 2.13 bits per heavy atom. The molecule has 0 amide bonds. The second-order valence-electron chi connectivity index (χ2n) is 3.63. The van der Waals surface area contributed by atoms with Crippen molar-refractivity contribution in [2.45, 2.75) is 19.3 Å². The van der Waals surface area contributed by atoms with Gasteiger partial charge in [-0.05, 0) is 40.9 Å². The van der Waals surface area contributed by atoms with Gasteiger partial charge in [0.25, 0.3) is 0 Å². The molecule has 1 N–H and O–H groups in total. The third-order valence-corrected chi connectivity index (χ3v) is 3.22. The maximum absolute atomic E-state index is 13.6. The molecule has 1 saturated heterocycles. The number of nitrogens with one attached hydrogen (secondary N) is 1. The van der Waals surface area contributed by atoms with E-state index in [1.807, 2.05) is 0 Å². The van der Waals surface area contributed by atoms with Crippen molar-refractivity contribution in [1.82, 2.24) is 0 Å². The van der Waals surface area contributed by atoms with Gasteiger partial charge in [0.1, 0.15) is 11.7 Å². The van der Waals surface area contributed by atoms with Gasteiger partial charge >= 0.3 is 0 Å². The van der Waals surface area contributed by atoms with Crippen LogP contribution < -0.4 is 4.90 Å². The van der Waals surface area contributed by atoms with Crippen LogP contribution in [-0.2, 0) is 0 Å². The van der Waals surface area contributed by atoms with Gasteiger partial charge in [-0.25, -0.2) is 4.39 Å². The molecule has 0 bridgehead atoms. The lowest BCUT2D eigenvalue weighted by atomic mass is 10.1. The molecular weight excluding hydrogens is 259 g/mol. The highest BCUT2D eigenvalue weighted by Crippen LogP contribution is 2.31. The van der Waals surface area contributed by atoms with Crippen molar-refractivity contribution < 1.29 is 4.39 Å². The minimum atomic E-state index is -0.268. The zero-order chi connectivity index (χ0) is 10.8. The molecule has 0 spiro atoms. The molecule has 80 valence electrons. The Kier molecular flexibility index (Phi) is 3.05. The summed E-state index contributed by atoms with van der Waals surface area (Å²) < 4.78 is 14.4. The average Bonchev–Trinajstić information content (AvgIpc) is 2.20. The maximum atomic E-state index is 13.6. The minimum Gasteiger partial charge on any atom is -0.327 e. The summed E-state index contributed by atoms with van der Waals surface area (Å²) in [5.41, 5.74) is 0.502. The largest absolute Gasteiger partial charge is 0.327 e. The van der Waals surface area contributed by atoms with Gasteiger partial charge < -0.3 is 4.90 Å². The van der Waals surface area contributed by atoms with Crippen molar-refractivity contribution in [3.05, 3.63) is 28.5 Å². The van der Waals surface area contributed by atoms with Crippen LogP contribution in [0.3, 0.4) is 0 Å². The highest BCUT2D eigenvalue weighted by atomic mass is 79.9. The molecular formula is C11H12BrFN2. The standard InChI is InChI=1S/C11H12BrFN2/c12-8-4-3-5-9(13)11(8)15-7-2-1-6-10(15)14/h3-5,14H,1-2,6-7H2. The molecule has 1 fully saturated rings. The Bertz CT molecular complexity index is 372. The molecule has 2 nitrogen and oxygen atoms in total. The quantitative estimate of drug-likeness (QED) is 0.830. The van der Waals surface area contributed by atoms with Crippen LogP contribution in [0.4, 0.5) is 10.1 Å². The smallest absolute Gasteiger partial charge is 0.148 e. The fourth-order valence-electron chi connectivity index (χ4n) is 1.83. The first kappa shape index (κ1) is 10.6. The van der Waals surface area contributed by atoms with Gasteiger partial charge in [-0.3, -0.25) is 5.41 Å². The van der Waals surface area contributed by atoms with E-state index in [9.17, 15) is 4.39 Å². The molecule has 1 heterocycles. The number of halogens is 2. The van der Waals surface area contributed by atoms with Gasteiger partial charge in [-0.2, -0.15) is 0 Å². The molecule has 4 heteroatoms. The number of rotatable bonds is 1. The van der Waals surface area contributed by atoms with Gasteiger partial charge in [0.15, 0.2) is 0 Å². The van der Waals surface area contributed by atoms with Crippen LogP contribution in [0.15, 0.2) is 22.7 Å². The Morgan fingerprint density at radius 1 is 1.33 bits per heavy atom. The van der Waals surface area contributed by atoms with Gasteiger partial charge in [0.05, 0.1) is 5.69 Å². The molecule has 15 heavy (non-hydrogen) atoms. The predicted octanol–water partition coefficient (Wildman–Crippen LogP) is 3.56. The molecule has 1 aliphatic heterocycles. The first-order chi connectivity index (χ1) is 7.20. The van der Waals surface area contributed by atoms with E-state index in [0.29, 0.717) is 16.0 Å². The van der Waals surface area contributed by atoms with Crippen LogP contribution >= 0.6 is 15.9 Å². The summed E-state index contributed by atoms with van der Waals surface area (Å²) in [6.45, 7) is 0.734. The SMILES string of the molecule is N=C1CCCCN1c1c(F)cccc1Br. The van der Waals surface area contributed by atoms with Crippen LogP contribution in [0.2, 0.25) is 0 Å². The van der Waals surface area contributed by atoms with E-state index >= 15 is 0 Å². The van der Waals surface area contributed by atoms with Crippen molar-refractivity contribution in [2.75, 3.05) is 11.4 Å². The summed E-state index contributed by atoms with van der Waals surface area (Å²) in [5.74, 6) is 0.239. The van der Waals surface area contributed by atoms with E-state index in [1.165, 1.54) is 6.07 Å². The second-order valence-corrected chi connectivity index (χ2v) is 4.48. The Morgan fingerprint density at radius 3 is 2.80 bits per heavy atom. The molecule has 0 atom stereocenters. The lowest BCUT2D eigenvalue weighted by Gasteiger charge is -2.30. The van der Waals surface area contributed by atoms with Gasteiger partial charge in [-0.1, -0.05) is 6.07 Å². The third kappa shape index (κ3) is 2.04. The number of amidine groups is 1. The zero-order valence-electron chi connectivity index (χ0n) is 8.26. The topological polar surface area (TPSA) is 27.1 Å². The van der Waals surface area contributed by atoms with E-state index in [1.54, 1.807) is 17.0 Å². The highest BCUT2D eigenvalue weighted by molar-refractivity contribution is 9.10. The number of para-hydroxylation sites is 1. The Balaban J connectivity index is 2.39. The average molecular weight is 271 g/mol. The summed E-state index contributed by atoms with van der Waals surface area (Å²) in [4.78, 5) is 1.75. The highest BCUT2D eigenvalue weighted by Gasteiger charge is 2.21. The van der Waals surface area contributed by atoms with Gasteiger partial charge in [-0.15, -0.1) is 0 Å². The number of anilines is 1. The van der Waals surface area contributed by atoms with E-state index < -0.39 is 0 Å². The monoisotopic (exact) mass is 270 g/mol. The predicted molar refractivity (Wildman–Crippen MR) is 63.0 cm³/mol. The maximum Gasteiger partial charge on any atom is 0.148 e. The fourth-order valence-corrected chi connectivity index (χ4v) is 2.38. The Hall–Kier alpha value is -0.900. The molecule has 0 radical (unpaired) electrons. The molecule has 0 aromatic heterocycles. The van der Waals surface area contributed by atoms with E-state index in [-0.39, 0.29) is 5.82 Å². The lowest BCUT2D eigenvalue weighted by Crippen LogP contribution is -2.35. The number of nitrogens with zero attached hydrogens (tertiary/aromatic N) is 1. The molecule has 0 saturated carbocycles. The van der Waals surface area contributed by atoms with E-state index in [0.717, 1.165) is 25.8 Å². The zero-order valence-corrected chi connectivity index (χ0v) is 9.85. The summed E-state index contributed by atoms with van der Waals surface area (Å²) in [6.07, 6.45) is 2.78. The van der Waals surface area contributed by atoms with Crippen LogP contribution in [0.5, 0.6) is 0 Å². The first-order valence-corrected chi connectivity index (χ1v) is 5.78. The second kappa shape index (κ2) is 4.31. The summed E-state index contributed by atoms with van der Waals surface area (Å²) in [5, 5.41) is 7.82. The van der Waals surface area contributed by atoms with E-state index in [2.05, 4.69) is 15.9 Å². The molecule has 2 rings (SSSR count). The fraction of sp³-hybridized carbons (Fsp3) is 0.364. The van der Waals surface area contributed by atoms with Gasteiger partial charge in [0.2, 0.25) is 0 Å². The van der Waals surface area contributed by atoms with Crippen molar-refractivity contribution in [3.8, 4) is 0 Å². The minimum absolute atomic E-state index is 0.268. The van der Waals surface area contributed by atoms with Crippen molar-refractivity contribution in [2.24, 2.45) is 0 Å². The van der Waals surface area contributed by atoms with Crippen LogP contribution in [0.1, 0.15) is 19.3 Å². The van der Waals surface area contributed by atoms with Crippen molar-refractivity contribution in [3.63, 3.8) is 0 Å². The summed E-state index contributed by atoms with van der Waals surface area (Å²) in [6, 6.07) is 4.90. The Labute approximate surface area is 96.7 Å². The van der Waals surface area contributed by atoms with Crippen LogP contribution in [0, 0.1) is 11.2 Å². The summed E-state index contributed by atoms with van der Waals surface area (Å²) >= 11 is 3.33. The van der Waals surface area contributed by atoms with Crippen LogP contribution in [0.25, 0.3) is 0 Å². The van der Waals surface area contributed by atoms with E-state index in [4.69, 9.17) is 5.41 Å². The lowest BCUT2D eigenvalue weighted by molar-refractivity contribution is 0.616. The molecule has 1 aromatic rings. The molecule has 1 aromatic carbocycles. The molecule has 1 aliphatic rings. The number of benzene rings is 1. The van der Waals surface area contributed by atoms with Crippen molar-refractivity contribution >= 4 is 27.5 Å².